The predicted octanol–water partition coefficient (Wildman–Crippen LogP) is 2.22. The van der Waals surface area contributed by atoms with Crippen LogP contribution >= 0.6 is 11.3 Å². The minimum atomic E-state index is -0.222. The van der Waals surface area contributed by atoms with Crippen molar-refractivity contribution in [1.29, 1.82) is 0 Å². The van der Waals surface area contributed by atoms with E-state index >= 15 is 0 Å². The molecule has 0 atom stereocenters. The summed E-state index contributed by atoms with van der Waals surface area (Å²) in [5.41, 5.74) is 1.83. The number of ether oxygens (including phenoxy) is 2. The largest absolute Gasteiger partial charge is 0.486 e. The first-order valence-corrected chi connectivity index (χ1v) is 7.90. The van der Waals surface area contributed by atoms with Crippen LogP contribution in [0, 0.1) is 6.92 Å². The lowest BCUT2D eigenvalue weighted by molar-refractivity contribution is 0.171. The first-order chi connectivity index (χ1) is 10.7. The molecule has 0 spiro atoms. The Morgan fingerprint density at radius 1 is 1.23 bits per heavy atom. The summed E-state index contributed by atoms with van der Waals surface area (Å²) in [6, 6.07) is 5.44. The molecule has 2 heterocycles. The Balaban J connectivity index is 1.48. The molecule has 2 N–H and O–H groups in total. The Labute approximate surface area is 132 Å². The average molecular weight is 319 g/mol. The third-order valence-electron chi connectivity index (χ3n) is 3.16. The maximum absolute atomic E-state index is 11.8. The van der Waals surface area contributed by atoms with Crippen molar-refractivity contribution in [3.05, 3.63) is 39.8 Å². The van der Waals surface area contributed by atoms with Crippen molar-refractivity contribution in [3.63, 3.8) is 0 Å². The molecule has 0 fully saturated rings. The topological polar surface area (TPSA) is 72.5 Å². The van der Waals surface area contributed by atoms with Gasteiger partial charge in [0.25, 0.3) is 0 Å². The van der Waals surface area contributed by atoms with Crippen LogP contribution in [0.4, 0.5) is 4.79 Å². The van der Waals surface area contributed by atoms with E-state index < -0.39 is 0 Å². The van der Waals surface area contributed by atoms with E-state index in [0.29, 0.717) is 26.3 Å². The Kier molecular flexibility index (Phi) is 4.43. The maximum Gasteiger partial charge on any atom is 0.315 e. The number of benzene rings is 1. The van der Waals surface area contributed by atoms with Gasteiger partial charge in [0.05, 0.1) is 17.2 Å². The Morgan fingerprint density at radius 3 is 2.77 bits per heavy atom. The van der Waals surface area contributed by atoms with Crippen LogP contribution in [0.2, 0.25) is 0 Å². The van der Waals surface area contributed by atoms with E-state index in [2.05, 4.69) is 15.6 Å². The number of amides is 2. The zero-order valence-corrected chi connectivity index (χ0v) is 13.0. The van der Waals surface area contributed by atoms with Gasteiger partial charge in [-0.15, -0.1) is 11.3 Å². The highest BCUT2D eigenvalue weighted by molar-refractivity contribution is 7.09. The fourth-order valence-corrected chi connectivity index (χ4v) is 2.72. The molecule has 0 unspecified atom stereocenters. The zero-order chi connectivity index (χ0) is 15.4. The number of urea groups is 1. The van der Waals surface area contributed by atoms with Crippen LogP contribution in [0.3, 0.4) is 0 Å². The molecular formula is C15H17N3O3S. The second-order valence-electron chi connectivity index (χ2n) is 4.87. The summed E-state index contributed by atoms with van der Waals surface area (Å²) in [4.78, 5) is 16.1. The molecule has 0 saturated heterocycles. The van der Waals surface area contributed by atoms with Crippen LogP contribution in [0.1, 0.15) is 16.3 Å². The van der Waals surface area contributed by atoms with E-state index in [1.165, 1.54) is 0 Å². The van der Waals surface area contributed by atoms with E-state index in [1.807, 2.05) is 30.5 Å². The van der Waals surface area contributed by atoms with E-state index in [9.17, 15) is 4.79 Å². The Morgan fingerprint density at radius 2 is 2.00 bits per heavy atom. The molecule has 1 aliphatic heterocycles. The van der Waals surface area contributed by atoms with Crippen molar-refractivity contribution in [2.75, 3.05) is 13.2 Å². The van der Waals surface area contributed by atoms with Gasteiger partial charge in [-0.05, 0) is 24.6 Å². The number of aryl methyl sites for hydroxylation is 1. The van der Waals surface area contributed by atoms with Gasteiger partial charge in [0.15, 0.2) is 11.5 Å². The number of rotatable bonds is 4. The minimum absolute atomic E-state index is 0.222. The first-order valence-electron chi connectivity index (χ1n) is 7.02. The quantitative estimate of drug-likeness (QED) is 0.906. The molecule has 1 aromatic carbocycles. The normalized spacial score (nSPS) is 12.8. The number of nitrogens with zero attached hydrogens (tertiary/aromatic N) is 1. The number of fused-ring (bicyclic) bond motifs is 1. The van der Waals surface area contributed by atoms with Crippen molar-refractivity contribution >= 4 is 17.4 Å². The second kappa shape index (κ2) is 6.65. The number of hydrogen-bond acceptors (Lipinski definition) is 5. The van der Waals surface area contributed by atoms with E-state index in [-0.39, 0.29) is 6.03 Å². The smallest absolute Gasteiger partial charge is 0.315 e. The minimum Gasteiger partial charge on any atom is -0.486 e. The van der Waals surface area contributed by atoms with Gasteiger partial charge in [0, 0.05) is 11.9 Å². The molecule has 3 rings (SSSR count). The summed E-state index contributed by atoms with van der Waals surface area (Å²) in [5, 5.41) is 8.53. The first kappa shape index (κ1) is 14.6. The highest BCUT2D eigenvalue weighted by atomic mass is 32.1. The van der Waals surface area contributed by atoms with E-state index in [1.54, 1.807) is 11.3 Å². The lowest BCUT2D eigenvalue weighted by atomic mass is 10.2. The number of thiazole rings is 1. The number of nitrogens with one attached hydrogen (secondary N) is 2. The van der Waals surface area contributed by atoms with Crippen LogP contribution in [-0.2, 0) is 13.1 Å². The predicted molar refractivity (Wildman–Crippen MR) is 83.4 cm³/mol. The monoisotopic (exact) mass is 319 g/mol. The van der Waals surface area contributed by atoms with Crippen molar-refractivity contribution in [2.24, 2.45) is 0 Å². The summed E-state index contributed by atoms with van der Waals surface area (Å²) in [6.07, 6.45) is 0. The molecule has 2 aromatic rings. The van der Waals surface area contributed by atoms with Crippen LogP contribution in [-0.4, -0.2) is 24.2 Å². The van der Waals surface area contributed by atoms with Gasteiger partial charge in [-0.1, -0.05) is 6.07 Å². The van der Waals surface area contributed by atoms with Crippen LogP contribution in [0.5, 0.6) is 11.5 Å². The van der Waals surface area contributed by atoms with Crippen LogP contribution < -0.4 is 20.1 Å². The number of hydrogen-bond donors (Lipinski definition) is 2. The lowest BCUT2D eigenvalue weighted by Gasteiger charge is -2.19. The molecule has 1 aliphatic rings. The SMILES string of the molecule is Cc1nc(CNC(=O)NCc2ccc3c(c2)OCCO3)cs1. The summed E-state index contributed by atoms with van der Waals surface area (Å²) < 4.78 is 11.0. The van der Waals surface area contributed by atoms with Gasteiger partial charge in [0.1, 0.15) is 13.2 Å². The molecule has 116 valence electrons. The third kappa shape index (κ3) is 3.67. The molecule has 0 radical (unpaired) electrons. The van der Waals surface area contributed by atoms with Crippen molar-refractivity contribution < 1.29 is 14.3 Å². The fourth-order valence-electron chi connectivity index (χ4n) is 2.10. The number of aromatic nitrogens is 1. The second-order valence-corrected chi connectivity index (χ2v) is 5.93. The molecular weight excluding hydrogens is 302 g/mol. The summed E-state index contributed by atoms with van der Waals surface area (Å²) >= 11 is 1.57. The van der Waals surface area contributed by atoms with Crippen molar-refractivity contribution in [1.82, 2.24) is 15.6 Å². The van der Waals surface area contributed by atoms with Crippen molar-refractivity contribution in [3.8, 4) is 11.5 Å². The Bertz CT molecular complexity index is 672. The van der Waals surface area contributed by atoms with Gasteiger partial charge < -0.3 is 20.1 Å². The van der Waals surface area contributed by atoms with Gasteiger partial charge >= 0.3 is 6.03 Å². The highest BCUT2D eigenvalue weighted by Gasteiger charge is 2.12. The third-order valence-corrected chi connectivity index (χ3v) is 3.98. The Hall–Kier alpha value is -2.28. The number of carbonyl (C=O) groups excluding carboxylic acids is 1. The van der Waals surface area contributed by atoms with Gasteiger partial charge in [-0.3, -0.25) is 0 Å². The number of carbonyl (C=O) groups is 1. The molecule has 1 aromatic heterocycles. The molecule has 7 heteroatoms. The highest BCUT2D eigenvalue weighted by Crippen LogP contribution is 2.30. The van der Waals surface area contributed by atoms with Crippen molar-refractivity contribution in [2.45, 2.75) is 20.0 Å². The summed E-state index contributed by atoms with van der Waals surface area (Å²) in [5.74, 6) is 1.47. The molecule has 0 bridgehead atoms. The lowest BCUT2D eigenvalue weighted by Crippen LogP contribution is -2.34. The van der Waals surface area contributed by atoms with Gasteiger partial charge in [-0.25, -0.2) is 9.78 Å². The maximum atomic E-state index is 11.8. The molecule has 0 aliphatic carbocycles. The standard InChI is InChI=1S/C15H17N3O3S/c1-10-18-12(9-22-10)8-17-15(19)16-7-11-2-3-13-14(6-11)21-5-4-20-13/h2-3,6,9H,4-5,7-8H2,1H3,(H2,16,17,19). The molecule has 6 nitrogen and oxygen atoms in total. The van der Waals surface area contributed by atoms with Gasteiger partial charge in [0.2, 0.25) is 0 Å². The van der Waals surface area contributed by atoms with Gasteiger partial charge in [-0.2, -0.15) is 0 Å². The van der Waals surface area contributed by atoms with Crippen LogP contribution in [0.15, 0.2) is 23.6 Å². The molecule has 22 heavy (non-hydrogen) atoms. The van der Waals surface area contributed by atoms with E-state index in [0.717, 1.165) is 27.8 Å². The van der Waals surface area contributed by atoms with Crippen LogP contribution in [0.25, 0.3) is 0 Å². The average Bonchev–Trinajstić information content (AvgIpc) is 2.96. The summed E-state index contributed by atoms with van der Waals surface area (Å²) in [6.45, 7) is 3.92. The molecule has 0 saturated carbocycles. The fraction of sp³-hybridized carbons (Fsp3) is 0.333. The molecule has 2 amide bonds. The zero-order valence-electron chi connectivity index (χ0n) is 12.2. The van der Waals surface area contributed by atoms with E-state index in [4.69, 9.17) is 9.47 Å². The summed E-state index contributed by atoms with van der Waals surface area (Å²) in [7, 11) is 0.